The lowest BCUT2D eigenvalue weighted by Crippen LogP contribution is -2.54. The minimum absolute atomic E-state index is 0.0905. The van der Waals surface area contributed by atoms with E-state index in [2.05, 4.69) is 26.1 Å². The van der Waals surface area contributed by atoms with E-state index in [1.54, 1.807) is 0 Å². The zero-order valence-electron chi connectivity index (χ0n) is 15.1. The largest absolute Gasteiger partial charge is 0.416 e. The number of nitrogens with one attached hydrogen (secondary N) is 1. The number of nitrogens with zero attached hydrogens (tertiary/aromatic N) is 1. The SMILES string of the molecule is C[C@@H]1CC(C)(C)C[C@]2(C1)NC(=O)N(Cc1cccc(C(F)(F)F)c1)C2=O. The van der Waals surface area contributed by atoms with Crippen molar-refractivity contribution in [1.82, 2.24) is 10.2 Å². The lowest BCUT2D eigenvalue weighted by molar-refractivity contribution is -0.137. The van der Waals surface area contributed by atoms with Gasteiger partial charge in [0.15, 0.2) is 0 Å². The van der Waals surface area contributed by atoms with Gasteiger partial charge in [0.2, 0.25) is 0 Å². The van der Waals surface area contributed by atoms with Gasteiger partial charge in [-0.1, -0.05) is 32.9 Å². The third-order valence-corrected chi connectivity index (χ3v) is 5.22. The number of imide groups is 1. The van der Waals surface area contributed by atoms with E-state index in [4.69, 9.17) is 0 Å². The molecule has 1 aromatic rings. The van der Waals surface area contributed by atoms with Crippen molar-refractivity contribution in [3.8, 4) is 0 Å². The molecule has 1 N–H and O–H groups in total. The molecule has 0 radical (unpaired) electrons. The number of halogens is 3. The summed E-state index contributed by atoms with van der Waals surface area (Å²) >= 11 is 0. The first-order chi connectivity index (χ1) is 11.9. The number of rotatable bonds is 2. The Labute approximate surface area is 150 Å². The van der Waals surface area contributed by atoms with Crippen LogP contribution in [0.4, 0.5) is 18.0 Å². The number of hydrogen-bond donors (Lipinski definition) is 1. The second kappa shape index (κ2) is 5.99. The van der Waals surface area contributed by atoms with Crippen LogP contribution in [-0.2, 0) is 17.5 Å². The zero-order chi connectivity index (χ0) is 19.3. The fourth-order valence-corrected chi connectivity index (χ4v) is 4.68. The average Bonchev–Trinajstić information content (AvgIpc) is 2.68. The fourth-order valence-electron chi connectivity index (χ4n) is 4.68. The molecule has 3 amide bonds. The van der Waals surface area contributed by atoms with Gasteiger partial charge in [-0.15, -0.1) is 0 Å². The van der Waals surface area contributed by atoms with Crippen LogP contribution in [0.2, 0.25) is 0 Å². The standard InChI is InChI=1S/C19H23F3N2O2/c1-12-8-17(2,3)11-18(9-12)15(25)24(16(26)23-18)10-13-5-4-6-14(7-13)19(20,21)22/h4-7,12H,8-11H2,1-3H3,(H,23,26)/t12-,18+/m1/s1. The third kappa shape index (κ3) is 3.44. The number of carbonyl (C=O) groups is 2. The van der Waals surface area contributed by atoms with Crippen LogP contribution in [-0.4, -0.2) is 22.4 Å². The molecule has 3 rings (SSSR count). The van der Waals surface area contributed by atoms with Crippen molar-refractivity contribution in [2.75, 3.05) is 0 Å². The van der Waals surface area contributed by atoms with Gasteiger partial charge in [0, 0.05) is 0 Å². The van der Waals surface area contributed by atoms with Crippen LogP contribution < -0.4 is 5.32 Å². The molecule has 0 aromatic heterocycles. The van der Waals surface area contributed by atoms with E-state index >= 15 is 0 Å². The van der Waals surface area contributed by atoms with Crippen LogP contribution in [0.5, 0.6) is 0 Å². The zero-order valence-corrected chi connectivity index (χ0v) is 15.1. The summed E-state index contributed by atoms with van der Waals surface area (Å²) in [5, 5.41) is 2.84. The molecular formula is C19H23F3N2O2. The van der Waals surface area contributed by atoms with Crippen LogP contribution in [0, 0.1) is 11.3 Å². The highest BCUT2D eigenvalue weighted by atomic mass is 19.4. The van der Waals surface area contributed by atoms with E-state index in [0.717, 1.165) is 23.5 Å². The normalized spacial score (nSPS) is 28.5. The molecule has 0 unspecified atom stereocenters. The molecule has 142 valence electrons. The molecule has 7 heteroatoms. The maximum Gasteiger partial charge on any atom is 0.416 e. The average molecular weight is 368 g/mol. The Balaban J connectivity index is 1.84. The van der Waals surface area contributed by atoms with Gasteiger partial charge in [0.05, 0.1) is 12.1 Å². The molecule has 26 heavy (non-hydrogen) atoms. The number of urea groups is 1. The highest BCUT2D eigenvalue weighted by Crippen LogP contribution is 2.46. The van der Waals surface area contributed by atoms with Crippen LogP contribution in [0.25, 0.3) is 0 Å². The number of benzene rings is 1. The molecule has 2 fully saturated rings. The van der Waals surface area contributed by atoms with E-state index in [9.17, 15) is 22.8 Å². The topological polar surface area (TPSA) is 49.4 Å². The molecule has 1 saturated heterocycles. The number of alkyl halides is 3. The smallest absolute Gasteiger partial charge is 0.323 e. The van der Waals surface area contributed by atoms with Gasteiger partial charge < -0.3 is 5.32 Å². The Hall–Kier alpha value is -2.05. The van der Waals surface area contributed by atoms with Crippen molar-refractivity contribution >= 4 is 11.9 Å². The number of amides is 3. The van der Waals surface area contributed by atoms with Gasteiger partial charge >= 0.3 is 12.2 Å². The Bertz CT molecular complexity index is 745. The van der Waals surface area contributed by atoms with E-state index < -0.39 is 23.3 Å². The second-order valence-electron chi connectivity index (χ2n) is 8.46. The van der Waals surface area contributed by atoms with Gasteiger partial charge in [0.25, 0.3) is 5.91 Å². The molecule has 1 heterocycles. The molecule has 1 aliphatic carbocycles. The predicted molar refractivity (Wildman–Crippen MR) is 90.1 cm³/mol. The molecule has 1 aliphatic heterocycles. The van der Waals surface area contributed by atoms with Crippen molar-refractivity contribution in [3.63, 3.8) is 0 Å². The summed E-state index contributed by atoms with van der Waals surface area (Å²) in [6, 6.07) is 4.21. The summed E-state index contributed by atoms with van der Waals surface area (Å²) in [7, 11) is 0. The maximum absolute atomic E-state index is 13.0. The summed E-state index contributed by atoms with van der Waals surface area (Å²) in [4.78, 5) is 26.5. The first kappa shape index (κ1) is 18.7. The van der Waals surface area contributed by atoms with Gasteiger partial charge in [-0.2, -0.15) is 13.2 Å². The highest BCUT2D eigenvalue weighted by Gasteiger charge is 2.56. The first-order valence-electron chi connectivity index (χ1n) is 8.72. The second-order valence-corrected chi connectivity index (χ2v) is 8.46. The van der Waals surface area contributed by atoms with Crippen molar-refractivity contribution in [2.24, 2.45) is 11.3 Å². The molecule has 1 spiro atoms. The maximum atomic E-state index is 13.0. The summed E-state index contributed by atoms with van der Waals surface area (Å²) in [6.45, 7) is 6.03. The van der Waals surface area contributed by atoms with Crippen molar-refractivity contribution in [3.05, 3.63) is 35.4 Å². The van der Waals surface area contributed by atoms with Crippen LogP contribution >= 0.6 is 0 Å². The monoisotopic (exact) mass is 368 g/mol. The summed E-state index contributed by atoms with van der Waals surface area (Å²) in [6.07, 6.45) is -2.41. The lowest BCUT2D eigenvalue weighted by atomic mass is 9.64. The summed E-state index contributed by atoms with van der Waals surface area (Å²) in [5.74, 6) is -0.0592. The fraction of sp³-hybridized carbons (Fsp3) is 0.579. The van der Waals surface area contributed by atoms with E-state index in [1.165, 1.54) is 12.1 Å². The van der Waals surface area contributed by atoms with Crippen LogP contribution in [0.1, 0.15) is 51.2 Å². The van der Waals surface area contributed by atoms with Crippen LogP contribution in [0.15, 0.2) is 24.3 Å². The summed E-state index contributed by atoms with van der Waals surface area (Å²) < 4.78 is 38.7. The van der Waals surface area contributed by atoms with Gasteiger partial charge in [-0.25, -0.2) is 4.79 Å². The Morgan fingerprint density at radius 3 is 2.54 bits per heavy atom. The molecule has 2 atom stereocenters. The van der Waals surface area contributed by atoms with E-state index in [0.29, 0.717) is 12.8 Å². The highest BCUT2D eigenvalue weighted by molar-refractivity contribution is 6.07. The quantitative estimate of drug-likeness (QED) is 0.790. The number of hydrogen-bond acceptors (Lipinski definition) is 2. The van der Waals surface area contributed by atoms with Gasteiger partial charge in [0.1, 0.15) is 5.54 Å². The molecule has 4 nitrogen and oxygen atoms in total. The summed E-state index contributed by atoms with van der Waals surface area (Å²) in [5.41, 5.74) is -1.54. The van der Waals surface area contributed by atoms with E-state index in [1.807, 2.05) is 0 Å². The van der Waals surface area contributed by atoms with Crippen molar-refractivity contribution < 1.29 is 22.8 Å². The Morgan fingerprint density at radius 1 is 1.23 bits per heavy atom. The first-order valence-corrected chi connectivity index (χ1v) is 8.72. The predicted octanol–water partition coefficient (Wildman–Crippen LogP) is 4.34. The molecule has 1 saturated carbocycles. The van der Waals surface area contributed by atoms with Crippen molar-refractivity contribution in [1.29, 1.82) is 0 Å². The Kier molecular flexibility index (Phi) is 4.32. The number of carbonyl (C=O) groups excluding carboxylic acids is 2. The van der Waals surface area contributed by atoms with E-state index in [-0.39, 0.29) is 29.3 Å². The van der Waals surface area contributed by atoms with Gasteiger partial charge in [-0.3, -0.25) is 9.69 Å². The minimum Gasteiger partial charge on any atom is -0.323 e. The lowest BCUT2D eigenvalue weighted by Gasteiger charge is -2.43. The molecule has 2 aliphatic rings. The Morgan fingerprint density at radius 2 is 1.92 bits per heavy atom. The minimum atomic E-state index is -4.46. The van der Waals surface area contributed by atoms with Crippen LogP contribution in [0.3, 0.4) is 0 Å². The molecule has 0 bridgehead atoms. The molecule has 1 aromatic carbocycles. The van der Waals surface area contributed by atoms with Crippen molar-refractivity contribution in [2.45, 2.75) is 58.3 Å². The third-order valence-electron chi connectivity index (χ3n) is 5.22. The van der Waals surface area contributed by atoms with Gasteiger partial charge in [-0.05, 0) is 48.3 Å². The molecular weight excluding hydrogens is 345 g/mol.